The van der Waals surface area contributed by atoms with Gasteiger partial charge < -0.3 is 15.2 Å². The number of phenols is 1. The number of carbonyl (C=O) groups excluding carboxylic acids is 1. The molecule has 34 heavy (non-hydrogen) atoms. The van der Waals surface area contributed by atoms with E-state index in [0.717, 1.165) is 16.8 Å². The fourth-order valence-electron chi connectivity index (χ4n) is 2.91. The molecule has 1 heterocycles. The molecule has 8 nitrogen and oxygen atoms in total. The van der Waals surface area contributed by atoms with E-state index < -0.39 is 0 Å². The summed E-state index contributed by atoms with van der Waals surface area (Å²) < 4.78 is 7.36. The number of amides is 1. The Morgan fingerprint density at radius 1 is 1.06 bits per heavy atom. The normalized spacial score (nSPS) is 11.0. The Hall–Kier alpha value is -4.11. The van der Waals surface area contributed by atoms with Gasteiger partial charge in [-0.1, -0.05) is 47.7 Å². The van der Waals surface area contributed by atoms with Crippen molar-refractivity contribution in [2.45, 2.75) is 18.7 Å². The number of rotatable bonds is 9. The van der Waals surface area contributed by atoms with Crippen molar-refractivity contribution in [2.75, 3.05) is 11.1 Å². The average molecular weight is 474 g/mol. The highest BCUT2D eigenvalue weighted by molar-refractivity contribution is 7.99. The number of aryl methyl sites for hydroxylation is 1. The quantitative estimate of drug-likeness (QED) is 0.274. The summed E-state index contributed by atoms with van der Waals surface area (Å²) in [5, 5.41) is 25.7. The topological polar surface area (TPSA) is 102 Å². The number of carbonyl (C=O) groups is 1. The maximum Gasteiger partial charge on any atom is 0.234 e. The molecule has 0 saturated carbocycles. The molecule has 172 valence electrons. The Balaban J connectivity index is 1.48. The molecule has 0 aliphatic heterocycles. The van der Waals surface area contributed by atoms with Gasteiger partial charge >= 0.3 is 0 Å². The maximum atomic E-state index is 12.4. The number of phenolic OH excluding ortho intramolecular Hbond substituents is 1. The van der Waals surface area contributed by atoms with E-state index >= 15 is 0 Å². The fourth-order valence-corrected chi connectivity index (χ4v) is 3.61. The summed E-state index contributed by atoms with van der Waals surface area (Å²) in [6.07, 6.45) is 1.63. The maximum absolute atomic E-state index is 12.4. The predicted octanol–water partition coefficient (Wildman–Crippen LogP) is 4.48. The lowest BCUT2D eigenvalue weighted by Gasteiger charge is -2.07. The molecular formula is C25H23N5O3S. The predicted molar refractivity (Wildman–Crippen MR) is 132 cm³/mol. The van der Waals surface area contributed by atoms with Crippen molar-refractivity contribution >= 4 is 29.6 Å². The highest BCUT2D eigenvalue weighted by atomic mass is 32.2. The van der Waals surface area contributed by atoms with Crippen LogP contribution in [0.3, 0.4) is 0 Å². The molecule has 1 aromatic heterocycles. The number of nitrogens with zero attached hydrogens (tertiary/aromatic N) is 4. The van der Waals surface area contributed by atoms with E-state index in [-0.39, 0.29) is 24.0 Å². The van der Waals surface area contributed by atoms with Crippen molar-refractivity contribution in [2.24, 2.45) is 5.10 Å². The van der Waals surface area contributed by atoms with Crippen LogP contribution in [0.15, 0.2) is 89.1 Å². The van der Waals surface area contributed by atoms with Crippen molar-refractivity contribution in [3.05, 3.63) is 95.8 Å². The van der Waals surface area contributed by atoms with E-state index in [1.54, 1.807) is 35.2 Å². The Labute approximate surface area is 201 Å². The lowest BCUT2D eigenvalue weighted by Crippen LogP contribution is -2.14. The third-order valence-electron chi connectivity index (χ3n) is 4.67. The molecule has 0 saturated heterocycles. The molecule has 0 atom stereocenters. The summed E-state index contributed by atoms with van der Waals surface area (Å²) in [7, 11) is 0. The first-order valence-electron chi connectivity index (χ1n) is 10.5. The molecule has 2 N–H and O–H groups in total. The number of thioether (sulfide) groups is 1. The van der Waals surface area contributed by atoms with Gasteiger partial charge in [0.1, 0.15) is 18.1 Å². The third-order valence-corrected chi connectivity index (χ3v) is 5.59. The van der Waals surface area contributed by atoms with E-state index in [9.17, 15) is 9.90 Å². The number of para-hydroxylation sites is 1. The molecule has 0 spiro atoms. The van der Waals surface area contributed by atoms with Crippen LogP contribution in [0.25, 0.3) is 0 Å². The summed E-state index contributed by atoms with van der Waals surface area (Å²) in [5.41, 5.74) is 2.65. The van der Waals surface area contributed by atoms with Crippen LogP contribution in [0.5, 0.6) is 11.5 Å². The number of aromatic hydroxyl groups is 1. The first-order chi connectivity index (χ1) is 16.6. The minimum atomic E-state index is -0.159. The number of ether oxygens (including phenoxy) is 1. The van der Waals surface area contributed by atoms with E-state index in [4.69, 9.17) is 4.74 Å². The van der Waals surface area contributed by atoms with Crippen LogP contribution in [0.4, 0.5) is 5.69 Å². The molecule has 1 amide bonds. The lowest BCUT2D eigenvalue weighted by atomic mass is 10.2. The highest BCUT2D eigenvalue weighted by Gasteiger charge is 2.15. The van der Waals surface area contributed by atoms with Crippen LogP contribution in [0.2, 0.25) is 0 Å². The van der Waals surface area contributed by atoms with Crippen LogP contribution in [0.1, 0.15) is 17.0 Å². The largest absolute Gasteiger partial charge is 0.508 e. The number of hydrogen-bond donors (Lipinski definition) is 2. The number of benzene rings is 3. The van der Waals surface area contributed by atoms with E-state index in [0.29, 0.717) is 16.7 Å². The van der Waals surface area contributed by atoms with Crippen LogP contribution < -0.4 is 10.1 Å². The van der Waals surface area contributed by atoms with Gasteiger partial charge in [-0.15, -0.1) is 10.2 Å². The standard InChI is InChI=1S/C25H23N5O3S/c1-18-7-11-20(12-8-18)27-24(32)17-34-25-29-28-23(16-33-22-5-3-2-4-6-22)30(25)26-15-19-9-13-21(31)14-10-19/h2-15,31H,16-17H2,1H3,(H,27,32). The number of nitrogens with one attached hydrogen (secondary N) is 1. The van der Waals surface area contributed by atoms with Crippen LogP contribution in [-0.4, -0.2) is 37.9 Å². The molecule has 0 radical (unpaired) electrons. The first kappa shape index (κ1) is 23.1. The number of aromatic nitrogens is 3. The minimum Gasteiger partial charge on any atom is -0.508 e. The highest BCUT2D eigenvalue weighted by Crippen LogP contribution is 2.20. The third kappa shape index (κ3) is 6.46. The van der Waals surface area contributed by atoms with Gasteiger partial charge in [0, 0.05) is 5.69 Å². The van der Waals surface area contributed by atoms with Gasteiger partial charge in [0.15, 0.2) is 5.82 Å². The van der Waals surface area contributed by atoms with Crippen molar-refractivity contribution in [1.82, 2.24) is 14.9 Å². The number of anilines is 1. The van der Waals surface area contributed by atoms with Gasteiger partial charge in [0.25, 0.3) is 0 Å². The molecule has 9 heteroatoms. The van der Waals surface area contributed by atoms with Crippen LogP contribution >= 0.6 is 11.8 Å². The summed E-state index contributed by atoms with van der Waals surface area (Å²) >= 11 is 1.23. The Morgan fingerprint density at radius 3 is 2.53 bits per heavy atom. The fraction of sp³-hybridized carbons (Fsp3) is 0.120. The Morgan fingerprint density at radius 2 is 1.79 bits per heavy atom. The summed E-state index contributed by atoms with van der Waals surface area (Å²) in [6, 6.07) is 23.6. The monoisotopic (exact) mass is 473 g/mol. The summed E-state index contributed by atoms with van der Waals surface area (Å²) in [4.78, 5) is 12.4. The smallest absolute Gasteiger partial charge is 0.234 e. The Kier molecular flexibility index (Phi) is 7.56. The minimum absolute atomic E-state index is 0.139. The molecule has 3 aromatic carbocycles. The van der Waals surface area contributed by atoms with Crippen molar-refractivity contribution in [1.29, 1.82) is 0 Å². The van der Waals surface area contributed by atoms with Crippen LogP contribution in [-0.2, 0) is 11.4 Å². The summed E-state index contributed by atoms with van der Waals surface area (Å²) in [5.74, 6) is 1.34. The van der Waals surface area contributed by atoms with Gasteiger partial charge in [-0.25, -0.2) is 0 Å². The lowest BCUT2D eigenvalue weighted by molar-refractivity contribution is -0.113. The molecular weight excluding hydrogens is 450 g/mol. The van der Waals surface area contributed by atoms with Gasteiger partial charge in [-0.05, 0) is 61.0 Å². The first-order valence-corrected chi connectivity index (χ1v) is 11.5. The molecule has 0 unspecified atom stereocenters. The molecule has 4 aromatic rings. The van der Waals surface area contributed by atoms with Gasteiger partial charge in [-0.3, -0.25) is 4.79 Å². The zero-order chi connectivity index (χ0) is 23.8. The van der Waals surface area contributed by atoms with E-state index in [2.05, 4.69) is 20.6 Å². The zero-order valence-corrected chi connectivity index (χ0v) is 19.3. The SMILES string of the molecule is Cc1ccc(NC(=O)CSc2nnc(COc3ccccc3)n2N=Cc2ccc(O)cc2)cc1. The van der Waals surface area contributed by atoms with E-state index in [1.807, 2.05) is 61.5 Å². The van der Waals surface area contributed by atoms with Gasteiger partial charge in [0.05, 0.1) is 12.0 Å². The average Bonchev–Trinajstić information content (AvgIpc) is 3.25. The van der Waals surface area contributed by atoms with Crippen molar-refractivity contribution < 1.29 is 14.6 Å². The van der Waals surface area contributed by atoms with Crippen molar-refractivity contribution in [3.63, 3.8) is 0 Å². The summed E-state index contributed by atoms with van der Waals surface area (Å²) in [6.45, 7) is 2.14. The zero-order valence-electron chi connectivity index (χ0n) is 18.5. The molecule has 0 fully saturated rings. The van der Waals surface area contributed by atoms with Crippen LogP contribution in [0, 0.1) is 6.92 Å². The second kappa shape index (κ2) is 11.2. The molecule has 0 aliphatic carbocycles. The second-order valence-corrected chi connectivity index (χ2v) is 8.29. The van der Waals surface area contributed by atoms with Gasteiger partial charge in [0.2, 0.25) is 11.1 Å². The van der Waals surface area contributed by atoms with Crippen molar-refractivity contribution in [3.8, 4) is 11.5 Å². The molecule has 0 aliphatic rings. The van der Waals surface area contributed by atoms with E-state index in [1.165, 1.54) is 11.8 Å². The number of hydrogen-bond acceptors (Lipinski definition) is 7. The Bertz CT molecular complexity index is 1260. The second-order valence-electron chi connectivity index (χ2n) is 7.35. The molecule has 4 rings (SSSR count). The molecule has 0 bridgehead atoms. The van der Waals surface area contributed by atoms with Gasteiger partial charge in [-0.2, -0.15) is 9.78 Å².